The number of ether oxygens (including phenoxy) is 2. The summed E-state index contributed by atoms with van der Waals surface area (Å²) >= 11 is 0. The summed E-state index contributed by atoms with van der Waals surface area (Å²) in [6.07, 6.45) is 0. The topological polar surface area (TPSA) is 54.9 Å². The van der Waals surface area contributed by atoms with Crippen molar-refractivity contribution in [2.45, 2.75) is 27.3 Å². The van der Waals surface area contributed by atoms with Gasteiger partial charge < -0.3 is 20.1 Å². The van der Waals surface area contributed by atoms with Crippen molar-refractivity contribution in [1.82, 2.24) is 10.6 Å². The van der Waals surface area contributed by atoms with Crippen LogP contribution >= 0.6 is 24.0 Å². The number of nitrogens with one attached hydrogen (secondary N) is 2. The van der Waals surface area contributed by atoms with Gasteiger partial charge in [0.15, 0.2) is 5.96 Å². The van der Waals surface area contributed by atoms with Gasteiger partial charge in [-0.05, 0) is 32.4 Å². The number of hydrogen-bond acceptors (Lipinski definition) is 3. The smallest absolute Gasteiger partial charge is 0.191 e. The highest BCUT2D eigenvalue weighted by Crippen LogP contribution is 2.20. The van der Waals surface area contributed by atoms with E-state index < -0.39 is 0 Å². The number of methoxy groups -OCH3 is 1. The minimum absolute atomic E-state index is 0. The standard InChI is InChI=1S/C16H27N3O2.HI/c1-5-17-16(18-9-10-21-6-2)19-12-14-8-7-13(3)11-15(14)20-4;/h7-8,11H,5-6,9-10,12H2,1-4H3,(H2,17,18,19);1H. The van der Waals surface area contributed by atoms with E-state index in [-0.39, 0.29) is 24.0 Å². The molecule has 0 heterocycles. The first-order valence-corrected chi connectivity index (χ1v) is 7.44. The molecule has 0 unspecified atom stereocenters. The van der Waals surface area contributed by atoms with Gasteiger partial charge in [0.25, 0.3) is 0 Å². The molecule has 1 aromatic rings. The van der Waals surface area contributed by atoms with E-state index >= 15 is 0 Å². The summed E-state index contributed by atoms with van der Waals surface area (Å²) < 4.78 is 10.7. The molecule has 1 rings (SSSR count). The highest BCUT2D eigenvalue weighted by atomic mass is 127. The van der Waals surface area contributed by atoms with Gasteiger partial charge in [-0.15, -0.1) is 24.0 Å². The van der Waals surface area contributed by atoms with Crippen molar-refractivity contribution in [2.24, 2.45) is 4.99 Å². The number of benzene rings is 1. The van der Waals surface area contributed by atoms with Gasteiger partial charge in [0.1, 0.15) is 5.75 Å². The number of rotatable bonds is 8. The van der Waals surface area contributed by atoms with Gasteiger partial charge in [-0.3, -0.25) is 0 Å². The number of aliphatic imine (C=N–C) groups is 1. The van der Waals surface area contributed by atoms with E-state index in [1.54, 1.807) is 7.11 Å². The summed E-state index contributed by atoms with van der Waals surface area (Å²) in [5.41, 5.74) is 2.26. The Morgan fingerprint density at radius 3 is 2.64 bits per heavy atom. The Hall–Kier alpha value is -1.02. The maximum atomic E-state index is 5.40. The van der Waals surface area contributed by atoms with Gasteiger partial charge in [0, 0.05) is 25.3 Å². The predicted molar refractivity (Wildman–Crippen MR) is 102 cm³/mol. The quantitative estimate of drug-likeness (QED) is 0.293. The van der Waals surface area contributed by atoms with E-state index in [9.17, 15) is 0 Å². The second kappa shape index (κ2) is 12.5. The van der Waals surface area contributed by atoms with Crippen LogP contribution in [0.15, 0.2) is 23.2 Å². The molecule has 0 atom stereocenters. The highest BCUT2D eigenvalue weighted by Gasteiger charge is 2.03. The Kier molecular flexibility index (Phi) is 11.9. The normalized spacial score (nSPS) is 10.8. The first-order chi connectivity index (χ1) is 10.2. The minimum Gasteiger partial charge on any atom is -0.496 e. The van der Waals surface area contributed by atoms with Gasteiger partial charge in [-0.1, -0.05) is 12.1 Å². The molecule has 0 radical (unpaired) electrons. The third kappa shape index (κ3) is 7.84. The zero-order valence-electron chi connectivity index (χ0n) is 13.9. The lowest BCUT2D eigenvalue weighted by atomic mass is 10.1. The van der Waals surface area contributed by atoms with Gasteiger partial charge in [-0.25, -0.2) is 4.99 Å². The molecule has 126 valence electrons. The molecule has 0 spiro atoms. The minimum atomic E-state index is 0. The SMILES string of the molecule is CCNC(=NCc1ccc(C)cc1OC)NCCOCC.I. The third-order valence-electron chi connectivity index (χ3n) is 2.94. The third-order valence-corrected chi connectivity index (χ3v) is 2.94. The summed E-state index contributed by atoms with van der Waals surface area (Å²) in [5.74, 6) is 1.67. The second-order valence-corrected chi connectivity index (χ2v) is 4.63. The van der Waals surface area contributed by atoms with Crippen molar-refractivity contribution < 1.29 is 9.47 Å². The molecular weight excluding hydrogens is 393 g/mol. The molecule has 0 amide bonds. The van der Waals surface area contributed by atoms with Gasteiger partial charge in [0.2, 0.25) is 0 Å². The van der Waals surface area contributed by atoms with Crippen molar-refractivity contribution >= 4 is 29.9 Å². The van der Waals surface area contributed by atoms with E-state index in [2.05, 4.69) is 34.7 Å². The molecular formula is C16H28IN3O2. The van der Waals surface area contributed by atoms with E-state index in [0.717, 1.165) is 37.0 Å². The number of halogens is 1. The van der Waals surface area contributed by atoms with Crippen LogP contribution in [0.4, 0.5) is 0 Å². The van der Waals surface area contributed by atoms with Crippen molar-refractivity contribution in [3.8, 4) is 5.75 Å². The Morgan fingerprint density at radius 2 is 2.00 bits per heavy atom. The Morgan fingerprint density at radius 1 is 1.23 bits per heavy atom. The van der Waals surface area contributed by atoms with E-state index in [1.807, 2.05) is 19.9 Å². The largest absolute Gasteiger partial charge is 0.496 e. The van der Waals surface area contributed by atoms with Crippen molar-refractivity contribution in [3.63, 3.8) is 0 Å². The average Bonchev–Trinajstić information content (AvgIpc) is 2.49. The number of hydrogen-bond donors (Lipinski definition) is 2. The Balaban J connectivity index is 0.00000441. The molecule has 0 fully saturated rings. The van der Waals surface area contributed by atoms with Crippen LogP contribution in [-0.4, -0.2) is 39.4 Å². The summed E-state index contributed by atoms with van der Waals surface area (Å²) in [4.78, 5) is 4.58. The number of nitrogens with zero attached hydrogens (tertiary/aromatic N) is 1. The maximum absolute atomic E-state index is 5.40. The molecule has 0 aliphatic carbocycles. The summed E-state index contributed by atoms with van der Waals surface area (Å²) in [7, 11) is 1.69. The molecule has 0 aromatic heterocycles. The van der Waals surface area contributed by atoms with Gasteiger partial charge in [0.05, 0.1) is 20.3 Å². The Bertz CT molecular complexity index is 453. The number of guanidine groups is 1. The van der Waals surface area contributed by atoms with E-state index in [0.29, 0.717) is 13.2 Å². The van der Waals surface area contributed by atoms with Crippen LogP contribution in [-0.2, 0) is 11.3 Å². The predicted octanol–water partition coefficient (Wildman–Crippen LogP) is 2.71. The lowest BCUT2D eigenvalue weighted by molar-refractivity contribution is 0.152. The van der Waals surface area contributed by atoms with Crippen molar-refractivity contribution in [1.29, 1.82) is 0 Å². The van der Waals surface area contributed by atoms with Crippen LogP contribution in [0.1, 0.15) is 25.0 Å². The van der Waals surface area contributed by atoms with Crippen LogP contribution in [0.3, 0.4) is 0 Å². The lowest BCUT2D eigenvalue weighted by Gasteiger charge is -2.12. The monoisotopic (exact) mass is 421 g/mol. The van der Waals surface area contributed by atoms with Crippen molar-refractivity contribution in [3.05, 3.63) is 29.3 Å². The van der Waals surface area contributed by atoms with E-state index in [4.69, 9.17) is 9.47 Å². The maximum Gasteiger partial charge on any atom is 0.191 e. The zero-order chi connectivity index (χ0) is 15.5. The van der Waals surface area contributed by atoms with Crippen LogP contribution < -0.4 is 15.4 Å². The second-order valence-electron chi connectivity index (χ2n) is 4.63. The highest BCUT2D eigenvalue weighted by molar-refractivity contribution is 14.0. The molecule has 0 bridgehead atoms. The fourth-order valence-corrected chi connectivity index (χ4v) is 1.87. The molecule has 5 nitrogen and oxygen atoms in total. The zero-order valence-corrected chi connectivity index (χ0v) is 16.3. The Labute approximate surface area is 150 Å². The van der Waals surface area contributed by atoms with Crippen LogP contribution in [0, 0.1) is 6.92 Å². The van der Waals surface area contributed by atoms with Gasteiger partial charge in [-0.2, -0.15) is 0 Å². The molecule has 6 heteroatoms. The van der Waals surface area contributed by atoms with Crippen molar-refractivity contribution in [2.75, 3.05) is 33.4 Å². The first-order valence-electron chi connectivity index (χ1n) is 7.44. The van der Waals surface area contributed by atoms with Crippen LogP contribution in [0.5, 0.6) is 5.75 Å². The summed E-state index contributed by atoms with van der Waals surface area (Å²) in [5, 5.41) is 6.47. The molecule has 0 saturated heterocycles. The average molecular weight is 421 g/mol. The summed E-state index contributed by atoms with van der Waals surface area (Å²) in [6.45, 7) is 9.64. The van der Waals surface area contributed by atoms with Crippen LogP contribution in [0.2, 0.25) is 0 Å². The fourth-order valence-electron chi connectivity index (χ4n) is 1.87. The molecule has 0 aliphatic rings. The first kappa shape index (κ1) is 21.0. The molecule has 0 aliphatic heterocycles. The van der Waals surface area contributed by atoms with Gasteiger partial charge >= 0.3 is 0 Å². The molecule has 22 heavy (non-hydrogen) atoms. The molecule has 1 aromatic carbocycles. The summed E-state index contributed by atoms with van der Waals surface area (Å²) in [6, 6.07) is 6.16. The van der Waals surface area contributed by atoms with E-state index in [1.165, 1.54) is 5.56 Å². The molecule has 2 N–H and O–H groups in total. The lowest BCUT2D eigenvalue weighted by Crippen LogP contribution is -2.39. The molecule has 0 saturated carbocycles. The number of aryl methyl sites for hydroxylation is 1. The fraction of sp³-hybridized carbons (Fsp3) is 0.562. The van der Waals surface area contributed by atoms with Crippen LogP contribution in [0.25, 0.3) is 0 Å².